The number of hydrogen-bond acceptors (Lipinski definition) is 3. The molecule has 1 heterocycles. The summed E-state index contributed by atoms with van der Waals surface area (Å²) in [6, 6.07) is 0. The summed E-state index contributed by atoms with van der Waals surface area (Å²) in [5.41, 5.74) is 0.00565. The van der Waals surface area contributed by atoms with Crippen molar-refractivity contribution >= 4 is 21.9 Å². The maximum absolute atomic E-state index is 10.6. The Labute approximate surface area is 83.2 Å². The van der Waals surface area contributed by atoms with E-state index in [-0.39, 0.29) is 5.69 Å². The van der Waals surface area contributed by atoms with E-state index in [1.54, 1.807) is 0 Å². The number of nitrogens with one attached hydrogen (secondary N) is 1. The molecule has 0 aliphatic carbocycles. The number of H-pyrrole nitrogens is 1. The number of rotatable bonds is 4. The first-order valence-electron chi connectivity index (χ1n) is 3.76. The molecule has 72 valence electrons. The topological polar surface area (TPSA) is 75.2 Å². The van der Waals surface area contributed by atoms with Gasteiger partial charge >= 0.3 is 5.97 Å². The lowest BCUT2D eigenvalue weighted by molar-refractivity contribution is 0.0689. The van der Waals surface area contributed by atoms with Crippen LogP contribution in [0.4, 0.5) is 0 Å². The molecule has 0 aliphatic heterocycles. The molecule has 0 fully saturated rings. The highest BCUT2D eigenvalue weighted by Crippen LogP contribution is 2.25. The van der Waals surface area contributed by atoms with Crippen molar-refractivity contribution in [2.24, 2.45) is 0 Å². The largest absolute Gasteiger partial charge is 0.476 e. The molecule has 5 nitrogen and oxygen atoms in total. The summed E-state index contributed by atoms with van der Waals surface area (Å²) in [5.74, 6) is -0.773. The number of aromatic carboxylic acids is 1. The van der Waals surface area contributed by atoms with E-state index in [1.165, 1.54) is 0 Å². The average Bonchev–Trinajstić information content (AvgIpc) is 2.43. The Morgan fingerprint density at radius 3 is 2.92 bits per heavy atom. The van der Waals surface area contributed by atoms with Gasteiger partial charge in [0.25, 0.3) is 0 Å². The van der Waals surface area contributed by atoms with Gasteiger partial charge in [-0.3, -0.25) is 5.10 Å². The van der Waals surface area contributed by atoms with Gasteiger partial charge in [-0.1, -0.05) is 6.92 Å². The number of carbonyl (C=O) groups is 1. The van der Waals surface area contributed by atoms with Crippen LogP contribution < -0.4 is 4.74 Å². The minimum Gasteiger partial charge on any atom is -0.476 e. The molecule has 0 atom stereocenters. The molecule has 1 aromatic rings. The third-order valence-electron chi connectivity index (χ3n) is 1.33. The van der Waals surface area contributed by atoms with Crippen LogP contribution in [0, 0.1) is 0 Å². The van der Waals surface area contributed by atoms with Gasteiger partial charge in [0, 0.05) is 0 Å². The van der Waals surface area contributed by atoms with Gasteiger partial charge in [-0.05, 0) is 22.4 Å². The molecule has 0 amide bonds. The Morgan fingerprint density at radius 2 is 2.46 bits per heavy atom. The molecule has 0 saturated carbocycles. The van der Waals surface area contributed by atoms with Crippen LogP contribution in [0.15, 0.2) is 4.47 Å². The smallest absolute Gasteiger partial charge is 0.355 e. The molecule has 0 bridgehead atoms. The number of halogens is 1. The van der Waals surface area contributed by atoms with E-state index >= 15 is 0 Å². The minimum atomic E-state index is -1.06. The standard InChI is InChI=1S/C7H9BrN2O3/c1-2-3-13-6-4(8)5(7(11)12)9-10-6/h2-3H2,1H3,(H,9,10)(H,11,12). The molecule has 0 spiro atoms. The number of nitrogens with zero attached hydrogens (tertiary/aromatic N) is 1. The molecule has 1 rings (SSSR count). The summed E-state index contributed by atoms with van der Waals surface area (Å²) in [4.78, 5) is 10.6. The summed E-state index contributed by atoms with van der Waals surface area (Å²) in [6.45, 7) is 2.47. The quantitative estimate of drug-likeness (QED) is 0.850. The van der Waals surface area contributed by atoms with E-state index in [1.807, 2.05) is 6.92 Å². The van der Waals surface area contributed by atoms with Gasteiger partial charge in [0.05, 0.1) is 6.61 Å². The molecule has 0 saturated heterocycles. The Hall–Kier alpha value is -1.04. The van der Waals surface area contributed by atoms with E-state index in [2.05, 4.69) is 26.1 Å². The number of carboxylic acids is 1. The Kier molecular flexibility index (Phi) is 3.30. The van der Waals surface area contributed by atoms with Crippen LogP contribution in [0.25, 0.3) is 0 Å². The summed E-state index contributed by atoms with van der Waals surface area (Å²) in [5, 5.41) is 14.7. The van der Waals surface area contributed by atoms with Crippen LogP contribution in [0.1, 0.15) is 23.8 Å². The van der Waals surface area contributed by atoms with Crippen LogP contribution in [0.3, 0.4) is 0 Å². The molecular weight excluding hydrogens is 240 g/mol. The zero-order valence-corrected chi connectivity index (χ0v) is 8.59. The van der Waals surface area contributed by atoms with Crippen molar-refractivity contribution in [3.63, 3.8) is 0 Å². The van der Waals surface area contributed by atoms with E-state index in [0.717, 1.165) is 6.42 Å². The van der Waals surface area contributed by atoms with E-state index in [4.69, 9.17) is 9.84 Å². The van der Waals surface area contributed by atoms with Crippen molar-refractivity contribution in [1.29, 1.82) is 0 Å². The fraction of sp³-hybridized carbons (Fsp3) is 0.429. The second kappa shape index (κ2) is 4.27. The zero-order chi connectivity index (χ0) is 9.84. The van der Waals surface area contributed by atoms with Gasteiger partial charge in [-0.15, -0.1) is 5.10 Å². The highest BCUT2D eigenvalue weighted by atomic mass is 79.9. The Bertz CT molecular complexity index is 311. The van der Waals surface area contributed by atoms with Gasteiger partial charge in [-0.2, -0.15) is 0 Å². The van der Waals surface area contributed by atoms with Crippen LogP contribution >= 0.6 is 15.9 Å². The van der Waals surface area contributed by atoms with Crippen molar-refractivity contribution in [2.45, 2.75) is 13.3 Å². The fourth-order valence-corrected chi connectivity index (χ4v) is 1.21. The van der Waals surface area contributed by atoms with Crippen LogP contribution in [-0.2, 0) is 0 Å². The zero-order valence-electron chi connectivity index (χ0n) is 7.00. The molecule has 2 N–H and O–H groups in total. The lowest BCUT2D eigenvalue weighted by Crippen LogP contribution is -1.97. The normalized spacial score (nSPS) is 10.0. The van der Waals surface area contributed by atoms with Crippen LogP contribution in [-0.4, -0.2) is 27.9 Å². The maximum atomic E-state index is 10.6. The molecule has 0 unspecified atom stereocenters. The number of ether oxygens (including phenoxy) is 1. The molecular formula is C7H9BrN2O3. The van der Waals surface area contributed by atoms with Crippen molar-refractivity contribution in [3.05, 3.63) is 10.2 Å². The molecule has 0 radical (unpaired) electrons. The third kappa shape index (κ3) is 2.21. The van der Waals surface area contributed by atoms with Gasteiger partial charge in [0.2, 0.25) is 5.88 Å². The maximum Gasteiger partial charge on any atom is 0.355 e. The monoisotopic (exact) mass is 248 g/mol. The predicted octanol–water partition coefficient (Wildman–Crippen LogP) is 1.66. The molecule has 0 aliphatic rings. The van der Waals surface area contributed by atoms with E-state index in [0.29, 0.717) is 17.0 Å². The van der Waals surface area contributed by atoms with Gasteiger partial charge in [0.1, 0.15) is 4.47 Å². The summed E-state index contributed by atoms with van der Waals surface area (Å²) in [7, 11) is 0. The minimum absolute atomic E-state index is 0.00565. The van der Waals surface area contributed by atoms with Gasteiger partial charge < -0.3 is 9.84 Å². The first kappa shape index (κ1) is 10.0. The number of hydrogen-bond donors (Lipinski definition) is 2. The van der Waals surface area contributed by atoms with Crippen molar-refractivity contribution in [3.8, 4) is 5.88 Å². The summed E-state index contributed by atoms with van der Waals surface area (Å²) < 4.78 is 5.52. The second-order valence-corrected chi connectivity index (χ2v) is 3.16. The third-order valence-corrected chi connectivity index (χ3v) is 2.07. The second-order valence-electron chi connectivity index (χ2n) is 2.37. The summed E-state index contributed by atoms with van der Waals surface area (Å²) in [6.07, 6.45) is 0.849. The fourth-order valence-electron chi connectivity index (χ4n) is 0.748. The van der Waals surface area contributed by atoms with E-state index in [9.17, 15) is 4.79 Å². The van der Waals surface area contributed by atoms with Gasteiger partial charge in [-0.25, -0.2) is 4.79 Å². The Morgan fingerprint density at radius 1 is 1.77 bits per heavy atom. The SMILES string of the molecule is CCCOc1n[nH]c(C(=O)O)c1Br. The van der Waals surface area contributed by atoms with Crippen molar-refractivity contribution < 1.29 is 14.6 Å². The highest BCUT2D eigenvalue weighted by molar-refractivity contribution is 9.10. The number of aromatic nitrogens is 2. The first-order chi connectivity index (χ1) is 6.16. The highest BCUT2D eigenvalue weighted by Gasteiger charge is 2.16. The van der Waals surface area contributed by atoms with Gasteiger partial charge in [0.15, 0.2) is 5.69 Å². The number of carboxylic acid groups (broad SMARTS) is 1. The lowest BCUT2D eigenvalue weighted by atomic mass is 10.4. The van der Waals surface area contributed by atoms with Crippen LogP contribution in [0.5, 0.6) is 5.88 Å². The molecule has 13 heavy (non-hydrogen) atoms. The molecule has 0 aromatic carbocycles. The Balaban J connectivity index is 2.80. The van der Waals surface area contributed by atoms with E-state index < -0.39 is 5.97 Å². The van der Waals surface area contributed by atoms with Crippen molar-refractivity contribution in [1.82, 2.24) is 10.2 Å². The average molecular weight is 249 g/mol. The molecule has 6 heteroatoms. The summed E-state index contributed by atoms with van der Waals surface area (Å²) >= 11 is 3.08. The lowest BCUT2D eigenvalue weighted by Gasteiger charge is -1.98. The molecule has 1 aromatic heterocycles. The van der Waals surface area contributed by atoms with Crippen molar-refractivity contribution in [2.75, 3.05) is 6.61 Å². The first-order valence-corrected chi connectivity index (χ1v) is 4.56. The predicted molar refractivity (Wildman–Crippen MR) is 49.0 cm³/mol. The van der Waals surface area contributed by atoms with Crippen LogP contribution in [0.2, 0.25) is 0 Å². The number of aromatic amines is 1.